The van der Waals surface area contributed by atoms with Gasteiger partial charge in [-0.15, -0.1) is 0 Å². The van der Waals surface area contributed by atoms with E-state index >= 15 is 0 Å². The van der Waals surface area contributed by atoms with Crippen molar-refractivity contribution >= 4 is 29.2 Å². The maximum atomic E-state index is 13.0. The molecule has 4 rings (SSSR count). The van der Waals surface area contributed by atoms with Crippen LogP contribution in [0.4, 0.5) is 16.2 Å². The quantitative estimate of drug-likeness (QED) is 0.770. The van der Waals surface area contributed by atoms with E-state index in [0.29, 0.717) is 25.9 Å². The van der Waals surface area contributed by atoms with Gasteiger partial charge in [0.05, 0.1) is 11.4 Å². The highest BCUT2D eigenvalue weighted by molar-refractivity contribution is 5.96. The fraction of sp³-hybridized carbons (Fsp3) is 0.609. The molecule has 0 aliphatic carbocycles. The number of piperidine rings is 2. The molecule has 3 aliphatic rings. The van der Waals surface area contributed by atoms with Crippen LogP contribution in [0, 0.1) is 11.8 Å². The highest BCUT2D eigenvalue weighted by atomic mass is 16.2. The fourth-order valence-electron chi connectivity index (χ4n) is 4.94. The summed E-state index contributed by atoms with van der Waals surface area (Å²) < 4.78 is 0. The first-order chi connectivity index (χ1) is 15.0. The molecule has 31 heavy (non-hydrogen) atoms. The third-order valence-corrected chi connectivity index (χ3v) is 6.91. The summed E-state index contributed by atoms with van der Waals surface area (Å²) in [6.45, 7) is 4.47. The lowest BCUT2D eigenvalue weighted by Crippen LogP contribution is -2.47. The molecule has 0 aromatic heterocycles. The van der Waals surface area contributed by atoms with Crippen molar-refractivity contribution in [1.29, 1.82) is 0 Å². The molecule has 168 valence electrons. The molecule has 1 aromatic carbocycles. The maximum absolute atomic E-state index is 13.0. The average molecular weight is 428 g/mol. The number of nitrogens with one attached hydrogen (secondary N) is 1. The number of nitrogens with two attached hydrogens (primary N) is 1. The predicted octanol–water partition coefficient (Wildman–Crippen LogP) is 2.25. The minimum Gasteiger partial charge on any atom is -0.370 e. The lowest BCUT2D eigenvalue weighted by atomic mass is 9.95. The predicted molar refractivity (Wildman–Crippen MR) is 120 cm³/mol. The summed E-state index contributed by atoms with van der Waals surface area (Å²) in [5, 5.41) is 3.12. The Hall–Kier alpha value is -2.77. The summed E-state index contributed by atoms with van der Waals surface area (Å²) in [6, 6.07) is 7.96. The Kier molecular flexibility index (Phi) is 6.63. The van der Waals surface area contributed by atoms with Crippen molar-refractivity contribution < 1.29 is 14.4 Å². The van der Waals surface area contributed by atoms with Gasteiger partial charge >= 0.3 is 6.03 Å². The van der Waals surface area contributed by atoms with E-state index in [1.807, 2.05) is 34.1 Å². The molecule has 3 fully saturated rings. The zero-order valence-corrected chi connectivity index (χ0v) is 18.1. The van der Waals surface area contributed by atoms with E-state index < -0.39 is 0 Å². The zero-order chi connectivity index (χ0) is 21.8. The number of anilines is 2. The fourth-order valence-corrected chi connectivity index (χ4v) is 4.94. The molecule has 8 nitrogen and oxygen atoms in total. The molecule has 1 aromatic rings. The van der Waals surface area contributed by atoms with Gasteiger partial charge in [0.1, 0.15) is 0 Å². The molecule has 4 amide bonds. The van der Waals surface area contributed by atoms with Crippen molar-refractivity contribution in [3.63, 3.8) is 0 Å². The molecule has 0 atom stereocenters. The lowest BCUT2D eigenvalue weighted by Gasteiger charge is -2.35. The van der Waals surface area contributed by atoms with Crippen LogP contribution in [-0.2, 0) is 9.59 Å². The van der Waals surface area contributed by atoms with Crippen molar-refractivity contribution in [3.05, 3.63) is 24.3 Å². The second-order valence-corrected chi connectivity index (χ2v) is 8.91. The molecule has 0 radical (unpaired) electrons. The number of hydrogen-bond donors (Lipinski definition) is 2. The third kappa shape index (κ3) is 4.94. The summed E-state index contributed by atoms with van der Waals surface area (Å²) in [4.78, 5) is 43.0. The molecule has 3 N–H and O–H groups in total. The van der Waals surface area contributed by atoms with Gasteiger partial charge in [0.25, 0.3) is 0 Å². The second-order valence-electron chi connectivity index (χ2n) is 8.91. The Morgan fingerprint density at radius 1 is 0.806 bits per heavy atom. The number of hydrogen-bond acceptors (Lipinski definition) is 4. The number of carbonyl (C=O) groups excluding carboxylic acids is 3. The molecule has 0 unspecified atom stereocenters. The minimum atomic E-state index is -0.226. The lowest BCUT2D eigenvalue weighted by molar-refractivity contribution is -0.122. The second kappa shape index (κ2) is 9.58. The van der Waals surface area contributed by atoms with Gasteiger partial charge in [0.15, 0.2) is 0 Å². The van der Waals surface area contributed by atoms with Crippen molar-refractivity contribution in [1.82, 2.24) is 9.80 Å². The maximum Gasteiger partial charge on any atom is 0.319 e. The average Bonchev–Trinajstić information content (AvgIpc) is 3.34. The van der Waals surface area contributed by atoms with Crippen LogP contribution in [-0.4, -0.2) is 66.9 Å². The SMILES string of the molecule is NC(=O)C1CCN(c2ccccc2NC(=O)C2CCN(C(=O)N3CCCC3)CC2)CC1. The summed E-state index contributed by atoms with van der Waals surface area (Å²) in [5.74, 6) is -0.355. The molecule has 3 aliphatic heterocycles. The number of benzene rings is 1. The number of rotatable bonds is 4. The summed E-state index contributed by atoms with van der Waals surface area (Å²) in [7, 11) is 0. The van der Waals surface area contributed by atoms with E-state index in [-0.39, 0.29) is 29.7 Å². The van der Waals surface area contributed by atoms with Crippen LogP contribution >= 0.6 is 0 Å². The van der Waals surface area contributed by atoms with E-state index in [2.05, 4.69) is 10.2 Å². The van der Waals surface area contributed by atoms with Crippen LogP contribution in [0.15, 0.2) is 24.3 Å². The van der Waals surface area contributed by atoms with Crippen molar-refractivity contribution in [2.75, 3.05) is 49.5 Å². The van der Waals surface area contributed by atoms with Gasteiger partial charge in [0.2, 0.25) is 11.8 Å². The van der Waals surface area contributed by atoms with Crippen LogP contribution in [0.3, 0.4) is 0 Å². The van der Waals surface area contributed by atoms with E-state index in [1.165, 1.54) is 0 Å². The standard InChI is InChI=1S/C23H33N5O3/c24-21(29)17-7-13-26(14-8-17)20-6-2-1-5-19(20)25-22(30)18-9-15-28(16-10-18)23(31)27-11-3-4-12-27/h1-2,5-6,17-18H,3-4,7-16H2,(H2,24,29)(H,25,30). The molecule has 0 spiro atoms. The normalized spacial score (nSPS) is 20.7. The van der Waals surface area contributed by atoms with Gasteiger partial charge in [-0.3, -0.25) is 9.59 Å². The molecule has 3 saturated heterocycles. The number of para-hydroxylation sites is 2. The number of amides is 4. The Labute approximate surface area is 183 Å². The first-order valence-corrected chi connectivity index (χ1v) is 11.5. The van der Waals surface area contributed by atoms with E-state index in [1.54, 1.807) is 0 Å². The largest absolute Gasteiger partial charge is 0.370 e. The van der Waals surface area contributed by atoms with Crippen LogP contribution in [0.25, 0.3) is 0 Å². The van der Waals surface area contributed by atoms with E-state index in [4.69, 9.17) is 5.73 Å². The topological polar surface area (TPSA) is 99.0 Å². The number of primary amides is 1. The number of likely N-dealkylation sites (tertiary alicyclic amines) is 2. The Balaban J connectivity index is 1.32. The Morgan fingerprint density at radius 3 is 2.03 bits per heavy atom. The summed E-state index contributed by atoms with van der Waals surface area (Å²) in [5.41, 5.74) is 7.24. The van der Waals surface area contributed by atoms with Gasteiger partial charge in [-0.25, -0.2) is 4.79 Å². The Bertz CT molecular complexity index is 807. The van der Waals surface area contributed by atoms with Gasteiger partial charge in [-0.05, 0) is 50.7 Å². The van der Waals surface area contributed by atoms with Crippen molar-refractivity contribution in [3.8, 4) is 0 Å². The van der Waals surface area contributed by atoms with Gasteiger partial charge < -0.3 is 25.8 Å². The smallest absolute Gasteiger partial charge is 0.319 e. The number of urea groups is 1. The Morgan fingerprint density at radius 2 is 1.39 bits per heavy atom. The van der Waals surface area contributed by atoms with E-state index in [0.717, 1.165) is 63.2 Å². The van der Waals surface area contributed by atoms with Crippen molar-refractivity contribution in [2.45, 2.75) is 38.5 Å². The molecule has 0 bridgehead atoms. The third-order valence-electron chi connectivity index (χ3n) is 6.91. The molecular weight excluding hydrogens is 394 g/mol. The van der Waals surface area contributed by atoms with Crippen LogP contribution < -0.4 is 16.0 Å². The summed E-state index contributed by atoms with van der Waals surface area (Å²) in [6.07, 6.45) is 5.03. The monoisotopic (exact) mass is 427 g/mol. The van der Waals surface area contributed by atoms with E-state index in [9.17, 15) is 14.4 Å². The highest BCUT2D eigenvalue weighted by Crippen LogP contribution is 2.31. The highest BCUT2D eigenvalue weighted by Gasteiger charge is 2.31. The van der Waals surface area contributed by atoms with Gasteiger partial charge in [0, 0.05) is 51.1 Å². The minimum absolute atomic E-state index is 0.0211. The summed E-state index contributed by atoms with van der Waals surface area (Å²) >= 11 is 0. The van der Waals surface area contributed by atoms with Gasteiger partial charge in [-0.2, -0.15) is 0 Å². The molecule has 3 heterocycles. The number of carbonyl (C=O) groups is 3. The first-order valence-electron chi connectivity index (χ1n) is 11.5. The number of nitrogens with zero attached hydrogens (tertiary/aromatic N) is 3. The van der Waals surface area contributed by atoms with Crippen molar-refractivity contribution in [2.24, 2.45) is 17.6 Å². The van der Waals surface area contributed by atoms with Gasteiger partial charge in [-0.1, -0.05) is 12.1 Å². The first kappa shape index (κ1) is 21.5. The zero-order valence-electron chi connectivity index (χ0n) is 18.1. The van der Waals surface area contributed by atoms with Crippen LogP contribution in [0.1, 0.15) is 38.5 Å². The van der Waals surface area contributed by atoms with Crippen LogP contribution in [0.2, 0.25) is 0 Å². The van der Waals surface area contributed by atoms with Crippen LogP contribution in [0.5, 0.6) is 0 Å². The molecular formula is C23H33N5O3. The molecule has 0 saturated carbocycles. The molecule has 8 heteroatoms.